The standard InChI is InChI=1S/C11H11ClN4OS/c12-9-5-7(6-17)1-4-10(9)18-11-13-14-15-16(11)8-2-3-8/h1,4-5,8,17H,2-3,6H2. The molecule has 0 aliphatic heterocycles. The molecular formula is C11H11ClN4OS. The average Bonchev–Trinajstić information content (AvgIpc) is 3.12. The van der Waals surface area contributed by atoms with Crippen LogP contribution in [0.15, 0.2) is 28.3 Å². The van der Waals surface area contributed by atoms with Gasteiger partial charge in [-0.05, 0) is 52.7 Å². The molecule has 1 aromatic carbocycles. The van der Waals surface area contributed by atoms with Gasteiger partial charge in [-0.2, -0.15) is 0 Å². The molecular weight excluding hydrogens is 272 g/mol. The van der Waals surface area contributed by atoms with E-state index in [0.717, 1.165) is 28.5 Å². The van der Waals surface area contributed by atoms with Crippen molar-refractivity contribution in [2.24, 2.45) is 0 Å². The van der Waals surface area contributed by atoms with Crippen LogP contribution < -0.4 is 0 Å². The average molecular weight is 283 g/mol. The first kappa shape index (κ1) is 12.0. The molecule has 0 spiro atoms. The quantitative estimate of drug-likeness (QED) is 0.932. The summed E-state index contributed by atoms with van der Waals surface area (Å²) in [5.41, 5.74) is 0.797. The zero-order valence-electron chi connectivity index (χ0n) is 9.45. The number of halogens is 1. The fourth-order valence-electron chi connectivity index (χ4n) is 1.62. The lowest BCUT2D eigenvalue weighted by atomic mass is 10.2. The Bertz CT molecular complexity index is 570. The molecule has 1 aliphatic rings. The Balaban J connectivity index is 1.85. The first-order valence-electron chi connectivity index (χ1n) is 5.63. The highest BCUT2D eigenvalue weighted by Crippen LogP contribution is 2.39. The van der Waals surface area contributed by atoms with E-state index in [1.165, 1.54) is 11.8 Å². The molecule has 1 N–H and O–H groups in total. The summed E-state index contributed by atoms with van der Waals surface area (Å²) >= 11 is 7.61. The molecule has 94 valence electrons. The second kappa shape index (κ2) is 4.87. The number of hydrogen-bond acceptors (Lipinski definition) is 5. The third-order valence-electron chi connectivity index (χ3n) is 2.74. The molecule has 1 saturated carbocycles. The number of aliphatic hydroxyl groups excluding tert-OH is 1. The summed E-state index contributed by atoms with van der Waals surface area (Å²) in [6.45, 7) is -0.00945. The molecule has 1 fully saturated rings. The van der Waals surface area contributed by atoms with E-state index < -0.39 is 0 Å². The molecule has 18 heavy (non-hydrogen) atoms. The van der Waals surface area contributed by atoms with Crippen LogP contribution in [0.2, 0.25) is 5.02 Å². The molecule has 3 rings (SSSR count). The molecule has 0 amide bonds. The van der Waals surface area contributed by atoms with Gasteiger partial charge in [-0.1, -0.05) is 17.7 Å². The molecule has 1 aliphatic carbocycles. The molecule has 0 radical (unpaired) electrons. The number of rotatable bonds is 4. The van der Waals surface area contributed by atoms with Gasteiger partial charge in [0.05, 0.1) is 17.7 Å². The summed E-state index contributed by atoms with van der Waals surface area (Å²) in [7, 11) is 0. The first-order chi connectivity index (χ1) is 8.78. The summed E-state index contributed by atoms with van der Waals surface area (Å²) in [6, 6.07) is 5.93. The smallest absolute Gasteiger partial charge is 0.214 e. The maximum atomic E-state index is 9.03. The highest BCUT2D eigenvalue weighted by atomic mass is 35.5. The van der Waals surface area contributed by atoms with E-state index in [-0.39, 0.29) is 6.61 Å². The lowest BCUT2D eigenvalue weighted by Gasteiger charge is -2.05. The van der Waals surface area contributed by atoms with Gasteiger partial charge in [-0.3, -0.25) is 0 Å². The highest BCUT2D eigenvalue weighted by molar-refractivity contribution is 7.99. The van der Waals surface area contributed by atoms with Crippen molar-refractivity contribution in [1.29, 1.82) is 0 Å². The number of nitrogens with zero attached hydrogens (tertiary/aromatic N) is 4. The summed E-state index contributed by atoms with van der Waals surface area (Å²) in [6.07, 6.45) is 2.27. The number of aromatic nitrogens is 4. The van der Waals surface area contributed by atoms with E-state index in [0.29, 0.717) is 11.1 Å². The molecule has 0 atom stereocenters. The van der Waals surface area contributed by atoms with Crippen LogP contribution in [0, 0.1) is 0 Å². The Morgan fingerprint density at radius 3 is 2.94 bits per heavy atom. The second-order valence-electron chi connectivity index (χ2n) is 4.16. The predicted molar refractivity (Wildman–Crippen MR) is 67.6 cm³/mol. The third-order valence-corrected chi connectivity index (χ3v) is 4.19. The van der Waals surface area contributed by atoms with Crippen molar-refractivity contribution in [2.45, 2.75) is 35.5 Å². The van der Waals surface area contributed by atoms with E-state index in [4.69, 9.17) is 16.7 Å². The zero-order chi connectivity index (χ0) is 12.5. The van der Waals surface area contributed by atoms with Crippen LogP contribution in [-0.4, -0.2) is 25.3 Å². The van der Waals surface area contributed by atoms with E-state index in [1.807, 2.05) is 16.8 Å². The Morgan fingerprint density at radius 2 is 2.28 bits per heavy atom. The Kier molecular flexibility index (Phi) is 3.23. The normalized spacial score (nSPS) is 15.0. The SMILES string of the molecule is OCc1ccc(Sc2nnnn2C2CC2)c(Cl)c1. The molecule has 0 unspecified atom stereocenters. The maximum Gasteiger partial charge on any atom is 0.214 e. The number of benzene rings is 1. The van der Waals surface area contributed by atoms with Crippen molar-refractivity contribution in [2.75, 3.05) is 0 Å². The van der Waals surface area contributed by atoms with Crippen molar-refractivity contribution in [3.8, 4) is 0 Å². The minimum absolute atomic E-state index is 0.00945. The van der Waals surface area contributed by atoms with Crippen molar-refractivity contribution in [3.05, 3.63) is 28.8 Å². The van der Waals surface area contributed by atoms with Crippen LogP contribution in [0.25, 0.3) is 0 Å². The third kappa shape index (κ3) is 2.36. The highest BCUT2D eigenvalue weighted by Gasteiger charge is 2.28. The molecule has 7 heteroatoms. The minimum Gasteiger partial charge on any atom is -0.392 e. The van der Waals surface area contributed by atoms with Gasteiger partial charge in [0.15, 0.2) is 0 Å². The summed E-state index contributed by atoms with van der Waals surface area (Å²) in [5.74, 6) is 0. The van der Waals surface area contributed by atoms with E-state index in [9.17, 15) is 0 Å². The predicted octanol–water partition coefficient (Wildman–Crippen LogP) is 2.30. The Labute approximate surface area is 113 Å². The largest absolute Gasteiger partial charge is 0.392 e. The zero-order valence-corrected chi connectivity index (χ0v) is 11.0. The lowest BCUT2D eigenvalue weighted by Crippen LogP contribution is -1.98. The van der Waals surface area contributed by atoms with Gasteiger partial charge in [-0.15, -0.1) is 5.10 Å². The molecule has 1 aromatic heterocycles. The molecule has 0 bridgehead atoms. The minimum atomic E-state index is -0.00945. The first-order valence-corrected chi connectivity index (χ1v) is 6.82. The molecule has 5 nitrogen and oxygen atoms in total. The summed E-state index contributed by atoms with van der Waals surface area (Å²) in [5, 5.41) is 22.1. The van der Waals surface area contributed by atoms with Gasteiger partial charge in [0.25, 0.3) is 0 Å². The van der Waals surface area contributed by atoms with Crippen LogP contribution in [0.3, 0.4) is 0 Å². The summed E-state index contributed by atoms with van der Waals surface area (Å²) < 4.78 is 1.85. The Hall–Kier alpha value is -1.11. The van der Waals surface area contributed by atoms with Crippen LogP contribution >= 0.6 is 23.4 Å². The van der Waals surface area contributed by atoms with Crippen LogP contribution in [0.5, 0.6) is 0 Å². The Morgan fingerprint density at radius 1 is 1.44 bits per heavy atom. The van der Waals surface area contributed by atoms with Crippen LogP contribution in [-0.2, 0) is 6.61 Å². The van der Waals surface area contributed by atoms with Gasteiger partial charge in [-0.25, -0.2) is 4.68 Å². The number of hydrogen-bond donors (Lipinski definition) is 1. The topological polar surface area (TPSA) is 63.8 Å². The van der Waals surface area contributed by atoms with E-state index in [1.54, 1.807) is 6.07 Å². The molecule has 0 saturated heterocycles. The molecule has 1 heterocycles. The van der Waals surface area contributed by atoms with Crippen molar-refractivity contribution < 1.29 is 5.11 Å². The van der Waals surface area contributed by atoms with Gasteiger partial charge in [0.1, 0.15) is 0 Å². The number of aliphatic hydroxyl groups is 1. The van der Waals surface area contributed by atoms with Crippen molar-refractivity contribution in [3.63, 3.8) is 0 Å². The fraction of sp³-hybridized carbons (Fsp3) is 0.364. The fourth-order valence-corrected chi connectivity index (χ4v) is 2.79. The van der Waals surface area contributed by atoms with Gasteiger partial charge in [0.2, 0.25) is 5.16 Å². The monoisotopic (exact) mass is 282 g/mol. The van der Waals surface area contributed by atoms with Crippen LogP contribution in [0.1, 0.15) is 24.4 Å². The van der Waals surface area contributed by atoms with E-state index >= 15 is 0 Å². The van der Waals surface area contributed by atoms with E-state index in [2.05, 4.69) is 15.5 Å². The van der Waals surface area contributed by atoms with Gasteiger partial charge < -0.3 is 5.11 Å². The van der Waals surface area contributed by atoms with Gasteiger partial charge in [0, 0.05) is 4.90 Å². The van der Waals surface area contributed by atoms with Crippen molar-refractivity contribution >= 4 is 23.4 Å². The van der Waals surface area contributed by atoms with Crippen LogP contribution in [0.4, 0.5) is 0 Å². The maximum absolute atomic E-state index is 9.03. The van der Waals surface area contributed by atoms with Crippen molar-refractivity contribution in [1.82, 2.24) is 20.2 Å². The lowest BCUT2D eigenvalue weighted by molar-refractivity contribution is 0.282. The van der Waals surface area contributed by atoms with Gasteiger partial charge >= 0.3 is 0 Å². The number of tetrazole rings is 1. The molecule has 2 aromatic rings. The summed E-state index contributed by atoms with van der Waals surface area (Å²) in [4.78, 5) is 0.894. The second-order valence-corrected chi connectivity index (χ2v) is 5.58.